The highest BCUT2D eigenvalue weighted by Gasteiger charge is 2.35. The van der Waals surface area contributed by atoms with E-state index in [-0.39, 0.29) is 10.3 Å². The van der Waals surface area contributed by atoms with E-state index in [0.717, 1.165) is 33.6 Å². The molecule has 3 aromatic rings. The summed E-state index contributed by atoms with van der Waals surface area (Å²) in [6, 6.07) is 5.92. The van der Waals surface area contributed by atoms with Crippen LogP contribution < -0.4 is 0 Å². The number of sulfonamides is 1. The third-order valence-electron chi connectivity index (χ3n) is 6.17. The Hall–Kier alpha value is -2.89. The molecule has 0 amide bonds. The number of rotatable bonds is 9. The first-order valence-corrected chi connectivity index (χ1v) is 14.2. The highest BCUT2D eigenvalue weighted by atomic mass is 32.2. The minimum absolute atomic E-state index is 0.108. The number of H-pyrrole nitrogens is 1. The van der Waals surface area contributed by atoms with Gasteiger partial charge in [-0.05, 0) is 62.1 Å². The molecule has 1 aliphatic rings. The molecule has 0 radical (unpaired) electrons. The molecule has 0 aliphatic heterocycles. The number of ether oxygens (including phenoxy) is 1. The van der Waals surface area contributed by atoms with Gasteiger partial charge in [-0.2, -0.15) is 13.6 Å². The first-order valence-electron chi connectivity index (χ1n) is 11.8. The van der Waals surface area contributed by atoms with E-state index in [2.05, 4.69) is 32.5 Å². The number of thiazole rings is 1. The van der Waals surface area contributed by atoms with Crippen LogP contribution in [0.5, 0.6) is 0 Å². The number of aryl methyl sites for hydroxylation is 2. The Balaban J connectivity index is 1.63. The summed E-state index contributed by atoms with van der Waals surface area (Å²) in [5, 5.41) is 15.9. The summed E-state index contributed by atoms with van der Waals surface area (Å²) in [4.78, 5) is 4.29. The predicted octanol–water partition coefficient (Wildman–Crippen LogP) is 4.80. The quantitative estimate of drug-likeness (QED) is 0.424. The zero-order valence-electron chi connectivity index (χ0n) is 21.4. The lowest BCUT2D eigenvalue weighted by atomic mass is 9.95. The predicted molar refractivity (Wildman–Crippen MR) is 140 cm³/mol. The molecule has 2 heterocycles. The maximum atomic E-state index is 13.7. The second kappa shape index (κ2) is 10.6. The molecule has 0 bridgehead atoms. The SMILES string of the molecule is CC1=C(C)CC(OCc2ccc(-c3nn[nH]n3)cc2C)C(N(CC(C)C)S(=O)(=O)c2nc(C)cs2)=C1. The van der Waals surface area contributed by atoms with Crippen LogP contribution in [0.2, 0.25) is 0 Å². The van der Waals surface area contributed by atoms with Gasteiger partial charge in [0.25, 0.3) is 10.0 Å². The van der Waals surface area contributed by atoms with Crippen molar-refractivity contribution < 1.29 is 13.2 Å². The van der Waals surface area contributed by atoms with Crippen molar-refractivity contribution in [3.05, 3.63) is 63.3 Å². The van der Waals surface area contributed by atoms with Gasteiger partial charge in [0, 0.05) is 29.6 Å². The molecule has 1 unspecified atom stereocenters. The van der Waals surface area contributed by atoms with Gasteiger partial charge in [0.05, 0.1) is 12.3 Å². The number of tetrazole rings is 1. The van der Waals surface area contributed by atoms with E-state index in [1.54, 1.807) is 12.3 Å². The van der Waals surface area contributed by atoms with E-state index in [9.17, 15) is 8.42 Å². The van der Waals surface area contributed by atoms with Crippen LogP contribution in [-0.2, 0) is 21.4 Å². The molecule has 4 rings (SSSR count). The smallest absolute Gasteiger partial charge is 0.291 e. The van der Waals surface area contributed by atoms with Gasteiger partial charge in [-0.1, -0.05) is 37.1 Å². The number of nitrogens with one attached hydrogen (secondary N) is 1. The van der Waals surface area contributed by atoms with E-state index < -0.39 is 16.1 Å². The van der Waals surface area contributed by atoms with Gasteiger partial charge in [-0.15, -0.1) is 21.5 Å². The summed E-state index contributed by atoms with van der Waals surface area (Å²) in [5.41, 5.74) is 6.50. The van der Waals surface area contributed by atoms with Crippen molar-refractivity contribution in [2.45, 2.75) is 65.0 Å². The maximum Gasteiger partial charge on any atom is 0.291 e. The van der Waals surface area contributed by atoms with E-state index in [4.69, 9.17) is 4.74 Å². The Bertz CT molecular complexity index is 1390. The van der Waals surface area contributed by atoms with Gasteiger partial charge >= 0.3 is 0 Å². The van der Waals surface area contributed by atoms with Crippen LogP contribution in [-0.4, -0.2) is 51.0 Å². The van der Waals surface area contributed by atoms with E-state index in [0.29, 0.717) is 36.8 Å². The fourth-order valence-electron chi connectivity index (χ4n) is 4.05. The fourth-order valence-corrected chi connectivity index (χ4v) is 6.86. The van der Waals surface area contributed by atoms with Crippen LogP contribution in [0.1, 0.15) is 50.9 Å². The van der Waals surface area contributed by atoms with Crippen molar-refractivity contribution >= 4 is 21.4 Å². The average Bonchev–Trinajstić information content (AvgIpc) is 3.51. The lowest BCUT2D eigenvalue weighted by Gasteiger charge is -2.35. The van der Waals surface area contributed by atoms with Crippen LogP contribution in [0.25, 0.3) is 11.4 Å². The Morgan fingerprint density at radius 1 is 1.22 bits per heavy atom. The molecule has 36 heavy (non-hydrogen) atoms. The van der Waals surface area contributed by atoms with Crippen LogP contribution in [0.15, 0.2) is 50.8 Å². The zero-order chi connectivity index (χ0) is 26.0. The largest absolute Gasteiger partial charge is 0.367 e. The molecule has 9 nitrogen and oxygen atoms in total. The summed E-state index contributed by atoms with van der Waals surface area (Å²) in [5.74, 6) is 0.654. The van der Waals surface area contributed by atoms with E-state index in [1.807, 2.05) is 52.0 Å². The topological polar surface area (TPSA) is 114 Å². The van der Waals surface area contributed by atoms with Crippen molar-refractivity contribution in [1.29, 1.82) is 0 Å². The highest BCUT2D eigenvalue weighted by Crippen LogP contribution is 2.34. The van der Waals surface area contributed by atoms with Gasteiger partial charge in [-0.3, -0.25) is 4.31 Å². The monoisotopic (exact) mass is 528 g/mol. The van der Waals surface area contributed by atoms with Crippen molar-refractivity contribution in [2.75, 3.05) is 6.54 Å². The first kappa shape index (κ1) is 26.2. The third-order valence-corrected chi connectivity index (χ3v) is 9.32. The molecular formula is C25H32N6O3S2. The Morgan fingerprint density at radius 2 is 2.00 bits per heavy atom. The van der Waals surface area contributed by atoms with Crippen molar-refractivity contribution in [3.8, 4) is 11.4 Å². The molecule has 0 saturated carbocycles. The molecule has 2 aromatic heterocycles. The Labute approximate surface area is 216 Å². The number of aromatic nitrogens is 5. The second-order valence-electron chi connectivity index (χ2n) is 9.60. The summed E-state index contributed by atoms with van der Waals surface area (Å²) in [6.45, 7) is 12.6. The summed E-state index contributed by atoms with van der Waals surface area (Å²) in [7, 11) is -3.82. The standard InChI is InChI=1S/C25H32N6O3S2/c1-15(2)12-31(36(32,33)25-26-19(6)14-35-25)22-10-16(3)17(4)11-23(22)34-13-21-8-7-20(9-18(21)5)24-27-29-30-28-24/h7-10,14-15,23H,11-13H2,1-6H3,(H,27,28,29,30). The van der Waals surface area contributed by atoms with E-state index >= 15 is 0 Å². The molecule has 1 aromatic carbocycles. The second-order valence-corrected chi connectivity index (χ2v) is 12.5. The zero-order valence-corrected chi connectivity index (χ0v) is 23.1. The average molecular weight is 529 g/mol. The lowest BCUT2D eigenvalue weighted by molar-refractivity contribution is 0.0505. The van der Waals surface area contributed by atoms with Crippen molar-refractivity contribution in [3.63, 3.8) is 0 Å². The summed E-state index contributed by atoms with van der Waals surface area (Å²) < 4.78 is 35.5. The highest BCUT2D eigenvalue weighted by molar-refractivity contribution is 7.91. The molecule has 11 heteroatoms. The normalized spacial score (nSPS) is 16.5. The molecule has 0 saturated heterocycles. The molecule has 0 fully saturated rings. The van der Waals surface area contributed by atoms with Crippen molar-refractivity contribution in [2.24, 2.45) is 5.92 Å². The van der Waals surface area contributed by atoms with Gasteiger partial charge in [0.15, 0.2) is 0 Å². The summed E-state index contributed by atoms with van der Waals surface area (Å²) >= 11 is 1.15. The number of allylic oxidation sites excluding steroid dienone is 2. The molecule has 1 atom stereocenters. The fraction of sp³-hybridized carbons (Fsp3) is 0.440. The Kier molecular flexibility index (Phi) is 7.72. The lowest BCUT2D eigenvalue weighted by Crippen LogP contribution is -2.40. The molecule has 1 aliphatic carbocycles. The third kappa shape index (κ3) is 5.58. The van der Waals surface area contributed by atoms with Gasteiger partial charge < -0.3 is 4.74 Å². The van der Waals surface area contributed by atoms with Crippen LogP contribution in [0.3, 0.4) is 0 Å². The number of nitrogens with zero attached hydrogens (tertiary/aromatic N) is 5. The summed E-state index contributed by atoms with van der Waals surface area (Å²) in [6.07, 6.45) is 2.17. The van der Waals surface area contributed by atoms with Crippen LogP contribution in [0.4, 0.5) is 0 Å². The van der Waals surface area contributed by atoms with Gasteiger partial charge in [0.2, 0.25) is 10.2 Å². The van der Waals surface area contributed by atoms with Crippen LogP contribution >= 0.6 is 11.3 Å². The molecule has 192 valence electrons. The molecule has 1 N–H and O–H groups in total. The minimum atomic E-state index is -3.82. The minimum Gasteiger partial charge on any atom is -0.367 e. The molecule has 0 spiro atoms. The van der Waals surface area contributed by atoms with E-state index in [1.165, 1.54) is 9.88 Å². The number of hydrogen-bond acceptors (Lipinski definition) is 8. The Morgan fingerprint density at radius 3 is 2.61 bits per heavy atom. The number of hydrogen-bond donors (Lipinski definition) is 1. The maximum absolute atomic E-state index is 13.7. The van der Waals surface area contributed by atoms with Gasteiger partial charge in [-0.25, -0.2) is 4.98 Å². The number of benzene rings is 1. The van der Waals surface area contributed by atoms with Crippen LogP contribution in [0, 0.1) is 19.8 Å². The van der Waals surface area contributed by atoms with Crippen molar-refractivity contribution in [1.82, 2.24) is 29.9 Å². The van der Waals surface area contributed by atoms with Gasteiger partial charge in [0.1, 0.15) is 6.10 Å². The number of aromatic amines is 1. The first-order chi connectivity index (χ1) is 17.1. The molecular weight excluding hydrogens is 496 g/mol.